The lowest BCUT2D eigenvalue weighted by Crippen LogP contribution is -2.02. The van der Waals surface area contributed by atoms with Crippen LogP contribution in [0.4, 0.5) is 5.69 Å². The summed E-state index contributed by atoms with van der Waals surface area (Å²) in [6.07, 6.45) is 4.48. The summed E-state index contributed by atoms with van der Waals surface area (Å²) in [6, 6.07) is 1.95. The van der Waals surface area contributed by atoms with Crippen LogP contribution in [0, 0.1) is 0 Å². The first-order valence-corrected chi connectivity index (χ1v) is 5.47. The molecule has 0 aliphatic heterocycles. The summed E-state index contributed by atoms with van der Waals surface area (Å²) < 4.78 is 5.02. The lowest BCUT2D eigenvalue weighted by atomic mass is 10.3. The van der Waals surface area contributed by atoms with Crippen LogP contribution in [0.25, 0.3) is 0 Å². The van der Waals surface area contributed by atoms with E-state index in [1.807, 2.05) is 6.07 Å². The Bertz CT molecular complexity index is 281. The highest BCUT2D eigenvalue weighted by atomic mass is 32.2. The van der Waals surface area contributed by atoms with Crippen molar-refractivity contribution in [2.75, 3.05) is 19.5 Å². The molecule has 0 spiro atoms. The normalized spacial score (nSPS) is 12.7. The Morgan fingerprint density at radius 1 is 1.64 bits per heavy atom. The highest BCUT2D eigenvalue weighted by molar-refractivity contribution is 8.00. The third-order valence-corrected chi connectivity index (χ3v) is 3.13. The summed E-state index contributed by atoms with van der Waals surface area (Å²) in [7, 11) is 1.72. The van der Waals surface area contributed by atoms with Crippen molar-refractivity contribution in [1.82, 2.24) is 4.98 Å². The van der Waals surface area contributed by atoms with E-state index in [2.05, 4.69) is 11.9 Å². The summed E-state index contributed by atoms with van der Waals surface area (Å²) >= 11 is 1.77. The second-order valence-corrected chi connectivity index (χ2v) is 4.60. The molecule has 0 saturated carbocycles. The van der Waals surface area contributed by atoms with Crippen molar-refractivity contribution in [2.45, 2.75) is 23.5 Å². The number of rotatable bonds is 5. The van der Waals surface area contributed by atoms with Gasteiger partial charge in [-0.1, -0.05) is 6.92 Å². The van der Waals surface area contributed by atoms with Crippen LogP contribution in [0.1, 0.15) is 13.3 Å². The average Bonchev–Trinajstić information content (AvgIpc) is 2.18. The molecule has 0 aliphatic rings. The van der Waals surface area contributed by atoms with E-state index < -0.39 is 0 Å². The standard InChI is InChI=1S/C10H16N2OS/c1-8(4-6-13-2)14-10-3-5-12-7-9(10)11/h3,5,7-8H,4,6,11H2,1-2H3. The number of nitrogens with two attached hydrogens (primary N) is 1. The SMILES string of the molecule is COCCC(C)Sc1ccncc1N. The number of hydrogen-bond donors (Lipinski definition) is 1. The van der Waals surface area contributed by atoms with Crippen LogP contribution >= 0.6 is 11.8 Å². The Kier molecular flexibility index (Phi) is 4.76. The minimum atomic E-state index is 0.514. The van der Waals surface area contributed by atoms with Crippen molar-refractivity contribution in [3.8, 4) is 0 Å². The van der Waals surface area contributed by atoms with Gasteiger partial charge in [0.2, 0.25) is 0 Å². The van der Waals surface area contributed by atoms with Gasteiger partial charge in [-0.2, -0.15) is 0 Å². The molecular weight excluding hydrogens is 196 g/mol. The van der Waals surface area contributed by atoms with E-state index in [-0.39, 0.29) is 0 Å². The highest BCUT2D eigenvalue weighted by Gasteiger charge is 2.06. The predicted octanol–water partition coefficient (Wildman–Crippen LogP) is 2.18. The fourth-order valence-electron chi connectivity index (χ4n) is 1.06. The van der Waals surface area contributed by atoms with Gasteiger partial charge in [0.05, 0.1) is 11.9 Å². The third-order valence-electron chi connectivity index (χ3n) is 1.87. The van der Waals surface area contributed by atoms with Gasteiger partial charge in [-0.3, -0.25) is 4.98 Å². The molecule has 3 nitrogen and oxygen atoms in total. The number of anilines is 1. The van der Waals surface area contributed by atoms with Crippen LogP contribution in [0.3, 0.4) is 0 Å². The predicted molar refractivity (Wildman–Crippen MR) is 60.5 cm³/mol. The molecule has 2 N–H and O–H groups in total. The zero-order valence-corrected chi connectivity index (χ0v) is 9.38. The maximum absolute atomic E-state index is 5.78. The van der Waals surface area contributed by atoms with Gasteiger partial charge < -0.3 is 10.5 Å². The largest absolute Gasteiger partial charge is 0.397 e. The summed E-state index contributed by atoms with van der Waals surface area (Å²) in [4.78, 5) is 5.05. The number of methoxy groups -OCH3 is 1. The molecule has 14 heavy (non-hydrogen) atoms. The molecular formula is C10H16N2OS. The lowest BCUT2D eigenvalue weighted by molar-refractivity contribution is 0.195. The van der Waals surface area contributed by atoms with Gasteiger partial charge in [-0.15, -0.1) is 11.8 Å². The first-order chi connectivity index (χ1) is 6.74. The van der Waals surface area contributed by atoms with Crippen molar-refractivity contribution in [3.63, 3.8) is 0 Å². The molecule has 0 aromatic carbocycles. The molecule has 0 radical (unpaired) electrons. The van der Waals surface area contributed by atoms with Crippen molar-refractivity contribution >= 4 is 17.4 Å². The van der Waals surface area contributed by atoms with Gasteiger partial charge in [0, 0.05) is 30.1 Å². The number of nitrogen functional groups attached to an aromatic ring is 1. The summed E-state index contributed by atoms with van der Waals surface area (Å²) in [5, 5.41) is 0.514. The minimum Gasteiger partial charge on any atom is -0.397 e. The molecule has 1 rings (SSSR count). The first kappa shape index (κ1) is 11.3. The molecule has 78 valence electrons. The van der Waals surface area contributed by atoms with Gasteiger partial charge in [0.25, 0.3) is 0 Å². The molecule has 1 aromatic rings. The van der Waals surface area contributed by atoms with Crippen molar-refractivity contribution < 1.29 is 4.74 Å². The Balaban J connectivity index is 2.47. The van der Waals surface area contributed by atoms with E-state index in [9.17, 15) is 0 Å². The minimum absolute atomic E-state index is 0.514. The van der Waals surface area contributed by atoms with Crippen LogP contribution < -0.4 is 5.73 Å². The molecule has 1 aromatic heterocycles. The lowest BCUT2D eigenvalue weighted by Gasteiger charge is -2.11. The van der Waals surface area contributed by atoms with Crippen LogP contribution in [-0.4, -0.2) is 24.0 Å². The molecule has 0 bridgehead atoms. The Hall–Kier alpha value is -0.740. The molecule has 1 atom stereocenters. The quantitative estimate of drug-likeness (QED) is 0.760. The van der Waals surface area contributed by atoms with Crippen LogP contribution in [0.15, 0.2) is 23.4 Å². The van der Waals surface area contributed by atoms with E-state index >= 15 is 0 Å². The maximum Gasteiger partial charge on any atom is 0.0638 e. The Morgan fingerprint density at radius 3 is 3.07 bits per heavy atom. The van der Waals surface area contributed by atoms with Crippen molar-refractivity contribution in [2.24, 2.45) is 0 Å². The van der Waals surface area contributed by atoms with Gasteiger partial charge in [-0.05, 0) is 12.5 Å². The maximum atomic E-state index is 5.78. The van der Waals surface area contributed by atoms with Crippen LogP contribution in [-0.2, 0) is 4.74 Å². The van der Waals surface area contributed by atoms with Gasteiger partial charge in [-0.25, -0.2) is 0 Å². The van der Waals surface area contributed by atoms with E-state index in [1.165, 1.54) is 0 Å². The van der Waals surface area contributed by atoms with E-state index in [0.717, 1.165) is 23.6 Å². The van der Waals surface area contributed by atoms with Crippen molar-refractivity contribution in [1.29, 1.82) is 0 Å². The van der Waals surface area contributed by atoms with Gasteiger partial charge >= 0.3 is 0 Å². The summed E-state index contributed by atoms with van der Waals surface area (Å²) in [5.74, 6) is 0. The molecule has 0 fully saturated rings. The third kappa shape index (κ3) is 3.55. The molecule has 0 aliphatic carbocycles. The Labute approximate surface area is 89.1 Å². The van der Waals surface area contributed by atoms with E-state index in [0.29, 0.717) is 5.25 Å². The molecule has 0 saturated heterocycles. The van der Waals surface area contributed by atoms with Crippen molar-refractivity contribution in [3.05, 3.63) is 18.5 Å². The summed E-state index contributed by atoms with van der Waals surface area (Å²) in [6.45, 7) is 2.96. The van der Waals surface area contributed by atoms with Crippen LogP contribution in [0.5, 0.6) is 0 Å². The molecule has 1 heterocycles. The smallest absolute Gasteiger partial charge is 0.0638 e. The Morgan fingerprint density at radius 2 is 2.43 bits per heavy atom. The zero-order chi connectivity index (χ0) is 10.4. The molecule has 0 amide bonds. The fourth-order valence-corrected chi connectivity index (χ4v) is 2.04. The monoisotopic (exact) mass is 212 g/mol. The number of nitrogens with zero attached hydrogens (tertiary/aromatic N) is 1. The van der Waals surface area contributed by atoms with Gasteiger partial charge in [0.15, 0.2) is 0 Å². The topological polar surface area (TPSA) is 48.1 Å². The van der Waals surface area contributed by atoms with E-state index in [1.54, 1.807) is 31.3 Å². The molecule has 4 heteroatoms. The fraction of sp³-hybridized carbons (Fsp3) is 0.500. The number of aromatic nitrogens is 1. The average molecular weight is 212 g/mol. The number of thioether (sulfide) groups is 1. The second kappa shape index (κ2) is 5.88. The molecule has 1 unspecified atom stereocenters. The van der Waals surface area contributed by atoms with E-state index in [4.69, 9.17) is 10.5 Å². The summed E-state index contributed by atoms with van der Waals surface area (Å²) in [5.41, 5.74) is 6.53. The number of pyridine rings is 1. The second-order valence-electron chi connectivity index (χ2n) is 3.12. The van der Waals surface area contributed by atoms with Crippen LogP contribution in [0.2, 0.25) is 0 Å². The first-order valence-electron chi connectivity index (χ1n) is 4.59. The van der Waals surface area contributed by atoms with Gasteiger partial charge in [0.1, 0.15) is 0 Å². The highest BCUT2D eigenvalue weighted by Crippen LogP contribution is 2.28. The zero-order valence-electron chi connectivity index (χ0n) is 8.56. The number of hydrogen-bond acceptors (Lipinski definition) is 4. The number of ether oxygens (including phenoxy) is 1.